The van der Waals surface area contributed by atoms with Gasteiger partial charge >= 0.3 is 0 Å². The summed E-state index contributed by atoms with van der Waals surface area (Å²) in [5.74, 6) is -0.0867. The number of nitrogens with one attached hydrogen (secondary N) is 2. The van der Waals surface area contributed by atoms with Crippen molar-refractivity contribution in [2.45, 2.75) is 30.7 Å². The number of hydrogen-bond donors (Lipinski definition) is 2. The zero-order valence-corrected chi connectivity index (χ0v) is 19.7. The Bertz CT molecular complexity index is 1170. The van der Waals surface area contributed by atoms with Crippen LogP contribution in [0.25, 0.3) is 6.08 Å². The lowest BCUT2D eigenvalue weighted by molar-refractivity contribution is 0.0946. The monoisotopic (exact) mass is 441 g/mol. The number of H-pyrrole nitrogens is 1. The number of fused-ring (bicyclic) bond motifs is 1. The molecule has 3 aromatic rings. The predicted octanol–water partition coefficient (Wildman–Crippen LogP) is 3.99. The number of benzene rings is 2. The van der Waals surface area contributed by atoms with E-state index in [-0.39, 0.29) is 11.3 Å². The second-order valence-electron chi connectivity index (χ2n) is 9.58. The molecular formula is C27H31N5O. The first-order valence-corrected chi connectivity index (χ1v) is 11.5. The van der Waals surface area contributed by atoms with Crippen LogP contribution in [0.5, 0.6) is 0 Å². The summed E-state index contributed by atoms with van der Waals surface area (Å²) in [6.07, 6.45) is 7.15. The minimum atomic E-state index is -0.373. The Morgan fingerprint density at radius 1 is 1.00 bits per heavy atom. The molecule has 6 nitrogen and oxygen atoms in total. The maximum absolute atomic E-state index is 12.7. The SMILES string of the molecule is CN(C)c1cccc(C2(c3cccc(N(C)C)c3)C=Cc3c(C(=O)NC4CC4)n[nH]c3C2)c1. The van der Waals surface area contributed by atoms with Gasteiger partial charge in [0.2, 0.25) is 0 Å². The fraction of sp³-hybridized carbons (Fsp3) is 0.333. The molecule has 0 radical (unpaired) electrons. The molecule has 1 fully saturated rings. The molecule has 1 saturated carbocycles. The molecule has 33 heavy (non-hydrogen) atoms. The number of aromatic nitrogens is 2. The first-order chi connectivity index (χ1) is 15.9. The summed E-state index contributed by atoms with van der Waals surface area (Å²) < 4.78 is 0. The second-order valence-corrected chi connectivity index (χ2v) is 9.58. The van der Waals surface area contributed by atoms with Gasteiger partial charge in [0, 0.05) is 68.7 Å². The summed E-state index contributed by atoms with van der Waals surface area (Å²) in [5.41, 5.74) is 6.75. The third kappa shape index (κ3) is 3.90. The van der Waals surface area contributed by atoms with Crippen molar-refractivity contribution >= 4 is 23.4 Å². The fourth-order valence-electron chi connectivity index (χ4n) is 4.61. The molecule has 0 spiro atoms. The predicted molar refractivity (Wildman–Crippen MR) is 134 cm³/mol. The molecule has 2 aliphatic carbocycles. The van der Waals surface area contributed by atoms with Crippen LogP contribution in [0.4, 0.5) is 11.4 Å². The summed E-state index contributed by atoms with van der Waals surface area (Å²) in [7, 11) is 8.25. The lowest BCUT2D eigenvalue weighted by Crippen LogP contribution is -2.32. The Balaban J connectivity index is 1.62. The summed E-state index contributed by atoms with van der Waals surface area (Å²) in [4.78, 5) is 17.0. The molecule has 6 heteroatoms. The highest BCUT2D eigenvalue weighted by molar-refractivity contribution is 5.97. The van der Waals surface area contributed by atoms with Crippen molar-refractivity contribution in [2.75, 3.05) is 38.0 Å². The third-order valence-corrected chi connectivity index (χ3v) is 6.76. The largest absolute Gasteiger partial charge is 0.378 e. The van der Waals surface area contributed by atoms with Crippen LogP contribution in [-0.4, -0.2) is 50.3 Å². The lowest BCUT2D eigenvalue weighted by Gasteiger charge is -2.35. The van der Waals surface area contributed by atoms with E-state index >= 15 is 0 Å². The van der Waals surface area contributed by atoms with Gasteiger partial charge in [-0.25, -0.2) is 0 Å². The van der Waals surface area contributed by atoms with E-state index < -0.39 is 0 Å². The van der Waals surface area contributed by atoms with Crippen LogP contribution >= 0.6 is 0 Å². The number of amides is 1. The van der Waals surface area contributed by atoms with Crippen molar-refractivity contribution in [2.24, 2.45) is 0 Å². The molecule has 1 aromatic heterocycles. The molecule has 1 amide bonds. The highest BCUT2D eigenvalue weighted by Crippen LogP contribution is 2.43. The van der Waals surface area contributed by atoms with E-state index in [1.54, 1.807) is 0 Å². The van der Waals surface area contributed by atoms with E-state index in [0.29, 0.717) is 18.2 Å². The molecular weight excluding hydrogens is 410 g/mol. The van der Waals surface area contributed by atoms with E-state index in [1.165, 1.54) is 11.1 Å². The van der Waals surface area contributed by atoms with Gasteiger partial charge < -0.3 is 15.1 Å². The van der Waals surface area contributed by atoms with Crippen molar-refractivity contribution in [3.05, 3.63) is 82.7 Å². The van der Waals surface area contributed by atoms with Gasteiger partial charge in [-0.3, -0.25) is 9.89 Å². The van der Waals surface area contributed by atoms with Crippen molar-refractivity contribution in [1.82, 2.24) is 15.5 Å². The van der Waals surface area contributed by atoms with Gasteiger partial charge in [0.15, 0.2) is 5.69 Å². The maximum Gasteiger partial charge on any atom is 0.272 e. The second kappa shape index (κ2) is 8.10. The highest BCUT2D eigenvalue weighted by atomic mass is 16.2. The van der Waals surface area contributed by atoms with Crippen LogP contribution in [0.1, 0.15) is 45.7 Å². The standard InChI is InChI=1S/C27H31N5O/c1-31(2)21-9-5-7-18(15-21)27(19-8-6-10-22(16-19)32(3)4)14-13-23-24(17-27)29-30-25(23)26(33)28-20-11-12-20/h5-10,13-16,20H,11-12,17H2,1-4H3,(H,28,33)(H,29,30). The molecule has 2 aliphatic rings. The summed E-state index contributed by atoms with van der Waals surface area (Å²) in [5, 5.41) is 10.7. The normalized spacial score (nSPS) is 16.2. The first kappa shape index (κ1) is 21.3. The van der Waals surface area contributed by atoms with Crippen LogP contribution in [0.3, 0.4) is 0 Å². The van der Waals surface area contributed by atoms with Crippen LogP contribution in [0.15, 0.2) is 54.6 Å². The van der Waals surface area contributed by atoms with Crippen molar-refractivity contribution < 1.29 is 4.79 Å². The number of hydrogen-bond acceptors (Lipinski definition) is 4. The minimum absolute atomic E-state index is 0.0867. The topological polar surface area (TPSA) is 64.3 Å². The molecule has 5 rings (SSSR count). The number of anilines is 2. The number of aromatic amines is 1. The van der Waals surface area contributed by atoms with E-state index in [9.17, 15) is 4.79 Å². The quantitative estimate of drug-likeness (QED) is 0.607. The fourth-order valence-corrected chi connectivity index (χ4v) is 4.61. The van der Waals surface area contributed by atoms with E-state index in [2.05, 4.69) is 114 Å². The summed E-state index contributed by atoms with van der Waals surface area (Å²) >= 11 is 0. The van der Waals surface area contributed by atoms with E-state index in [1.807, 2.05) is 0 Å². The number of rotatable bonds is 6. The van der Waals surface area contributed by atoms with Gasteiger partial charge in [-0.1, -0.05) is 36.4 Å². The molecule has 0 bridgehead atoms. The Kier molecular flexibility index (Phi) is 5.23. The van der Waals surface area contributed by atoms with Gasteiger partial charge in [0.25, 0.3) is 5.91 Å². The Labute approximate surface area is 195 Å². The summed E-state index contributed by atoms with van der Waals surface area (Å²) in [6, 6.07) is 17.7. The molecule has 0 atom stereocenters. The van der Waals surface area contributed by atoms with Crippen LogP contribution in [-0.2, 0) is 11.8 Å². The molecule has 2 N–H and O–H groups in total. The van der Waals surface area contributed by atoms with Crippen LogP contribution < -0.4 is 15.1 Å². The van der Waals surface area contributed by atoms with Crippen molar-refractivity contribution in [3.63, 3.8) is 0 Å². The van der Waals surface area contributed by atoms with Gasteiger partial charge in [-0.05, 0) is 48.2 Å². The van der Waals surface area contributed by atoms with Crippen molar-refractivity contribution in [1.29, 1.82) is 0 Å². The average molecular weight is 442 g/mol. The van der Waals surface area contributed by atoms with Gasteiger partial charge in [-0.15, -0.1) is 0 Å². The Morgan fingerprint density at radius 3 is 2.15 bits per heavy atom. The molecule has 0 saturated heterocycles. The first-order valence-electron chi connectivity index (χ1n) is 11.5. The highest BCUT2D eigenvalue weighted by Gasteiger charge is 2.38. The molecule has 0 unspecified atom stereocenters. The molecule has 170 valence electrons. The zero-order valence-electron chi connectivity index (χ0n) is 19.7. The van der Waals surface area contributed by atoms with Gasteiger partial charge in [0.1, 0.15) is 0 Å². The smallest absolute Gasteiger partial charge is 0.272 e. The molecule has 0 aliphatic heterocycles. The Morgan fingerprint density at radius 2 is 1.61 bits per heavy atom. The third-order valence-electron chi connectivity index (χ3n) is 6.76. The average Bonchev–Trinajstić information content (AvgIpc) is 3.54. The van der Waals surface area contributed by atoms with Crippen LogP contribution in [0, 0.1) is 0 Å². The number of carbonyl (C=O) groups excluding carboxylic acids is 1. The molecule has 1 heterocycles. The maximum atomic E-state index is 12.7. The molecule has 2 aromatic carbocycles. The van der Waals surface area contributed by atoms with E-state index in [0.717, 1.165) is 35.5 Å². The van der Waals surface area contributed by atoms with E-state index in [4.69, 9.17) is 0 Å². The number of allylic oxidation sites excluding steroid dienone is 1. The summed E-state index contributed by atoms with van der Waals surface area (Å²) in [6.45, 7) is 0. The van der Waals surface area contributed by atoms with Crippen molar-refractivity contribution in [3.8, 4) is 0 Å². The Hall–Kier alpha value is -3.54. The van der Waals surface area contributed by atoms with Gasteiger partial charge in [0.05, 0.1) is 0 Å². The zero-order chi connectivity index (χ0) is 23.2. The van der Waals surface area contributed by atoms with Gasteiger partial charge in [-0.2, -0.15) is 5.10 Å². The number of carbonyl (C=O) groups is 1. The lowest BCUT2D eigenvalue weighted by atomic mass is 9.68. The van der Waals surface area contributed by atoms with Crippen LogP contribution in [0.2, 0.25) is 0 Å². The number of nitrogens with zero attached hydrogens (tertiary/aromatic N) is 3. The minimum Gasteiger partial charge on any atom is -0.378 e.